The smallest absolute Gasteiger partial charge is 0.234 e. The van der Waals surface area contributed by atoms with Crippen molar-refractivity contribution in [3.8, 4) is 0 Å². The van der Waals surface area contributed by atoms with E-state index in [1.165, 1.54) is 0 Å². The molecule has 5 nitrogen and oxygen atoms in total. The first-order chi connectivity index (χ1) is 9.55. The molecule has 1 aromatic rings. The van der Waals surface area contributed by atoms with Crippen LogP contribution in [0, 0.1) is 0 Å². The number of nitrogens with one attached hydrogen (secondary N) is 1. The van der Waals surface area contributed by atoms with Crippen LogP contribution in [0.1, 0.15) is 18.1 Å². The number of ether oxygens (including phenoxy) is 1. The normalized spacial score (nSPS) is 12.4. The number of benzene rings is 1. The number of amides is 1. The van der Waals surface area contributed by atoms with Gasteiger partial charge in [-0.3, -0.25) is 9.69 Å². The van der Waals surface area contributed by atoms with Crippen LogP contribution in [0.25, 0.3) is 0 Å². The number of likely N-dealkylation sites (N-methyl/N-ethyl adjacent to an activating group) is 1. The minimum atomic E-state index is 0.00651. The number of nitrogens with zero attached hydrogens (tertiary/aromatic N) is 1. The van der Waals surface area contributed by atoms with Crippen LogP contribution in [-0.2, 0) is 22.6 Å². The van der Waals surface area contributed by atoms with Gasteiger partial charge in [-0.15, -0.1) is 0 Å². The van der Waals surface area contributed by atoms with Crippen molar-refractivity contribution >= 4 is 5.91 Å². The molecule has 0 spiro atoms. The Morgan fingerprint density at radius 1 is 1.45 bits per heavy atom. The van der Waals surface area contributed by atoms with Crippen LogP contribution < -0.4 is 11.1 Å². The Morgan fingerprint density at radius 2 is 2.15 bits per heavy atom. The number of hydrogen-bond acceptors (Lipinski definition) is 4. The molecule has 20 heavy (non-hydrogen) atoms. The molecule has 0 bridgehead atoms. The summed E-state index contributed by atoms with van der Waals surface area (Å²) in [6, 6.07) is 8.14. The molecule has 0 saturated heterocycles. The SMILES string of the molecule is COCC(C)NC(=O)CN(C)Cc1cccc(CN)c1. The molecule has 112 valence electrons. The summed E-state index contributed by atoms with van der Waals surface area (Å²) in [5.41, 5.74) is 7.89. The lowest BCUT2D eigenvalue weighted by Gasteiger charge is -2.19. The van der Waals surface area contributed by atoms with Crippen LogP contribution in [0.5, 0.6) is 0 Å². The Hall–Kier alpha value is -1.43. The van der Waals surface area contributed by atoms with Gasteiger partial charge in [-0.05, 0) is 25.1 Å². The van der Waals surface area contributed by atoms with E-state index in [0.29, 0.717) is 19.7 Å². The van der Waals surface area contributed by atoms with Crippen LogP contribution in [0.2, 0.25) is 0 Å². The number of hydrogen-bond donors (Lipinski definition) is 2. The van der Waals surface area contributed by atoms with Crippen LogP contribution in [-0.4, -0.2) is 44.2 Å². The van der Waals surface area contributed by atoms with Crippen molar-refractivity contribution in [1.29, 1.82) is 0 Å². The van der Waals surface area contributed by atoms with Crippen molar-refractivity contribution in [2.45, 2.75) is 26.1 Å². The summed E-state index contributed by atoms with van der Waals surface area (Å²) in [7, 11) is 3.55. The van der Waals surface area contributed by atoms with Crippen molar-refractivity contribution in [2.75, 3.05) is 27.3 Å². The second kappa shape index (κ2) is 8.68. The van der Waals surface area contributed by atoms with Crippen molar-refractivity contribution in [2.24, 2.45) is 5.73 Å². The minimum Gasteiger partial charge on any atom is -0.383 e. The van der Waals surface area contributed by atoms with Gasteiger partial charge < -0.3 is 15.8 Å². The van der Waals surface area contributed by atoms with Crippen LogP contribution >= 0.6 is 0 Å². The maximum atomic E-state index is 11.8. The highest BCUT2D eigenvalue weighted by molar-refractivity contribution is 5.78. The number of methoxy groups -OCH3 is 1. The Bertz CT molecular complexity index is 423. The summed E-state index contributed by atoms with van der Waals surface area (Å²) >= 11 is 0. The van der Waals surface area contributed by atoms with Gasteiger partial charge in [0, 0.05) is 26.2 Å². The summed E-state index contributed by atoms with van der Waals surface area (Å²) < 4.78 is 4.99. The second-order valence-corrected chi connectivity index (χ2v) is 5.12. The van der Waals surface area contributed by atoms with Gasteiger partial charge in [-0.1, -0.05) is 24.3 Å². The number of nitrogens with two attached hydrogens (primary N) is 1. The highest BCUT2D eigenvalue weighted by Gasteiger charge is 2.10. The average Bonchev–Trinajstić information content (AvgIpc) is 2.38. The molecule has 0 radical (unpaired) electrons. The minimum absolute atomic E-state index is 0.00651. The van der Waals surface area contributed by atoms with E-state index in [0.717, 1.165) is 17.7 Å². The lowest BCUT2D eigenvalue weighted by molar-refractivity contribution is -0.123. The molecule has 0 fully saturated rings. The fraction of sp³-hybridized carbons (Fsp3) is 0.533. The third kappa shape index (κ3) is 6.14. The molecule has 0 aromatic heterocycles. The van der Waals surface area contributed by atoms with E-state index in [9.17, 15) is 4.79 Å². The van der Waals surface area contributed by atoms with Gasteiger partial charge in [-0.2, -0.15) is 0 Å². The first-order valence-corrected chi connectivity index (χ1v) is 6.80. The predicted molar refractivity (Wildman–Crippen MR) is 80.1 cm³/mol. The first-order valence-electron chi connectivity index (χ1n) is 6.80. The monoisotopic (exact) mass is 279 g/mol. The van der Waals surface area contributed by atoms with E-state index in [1.807, 2.05) is 37.1 Å². The van der Waals surface area contributed by atoms with Crippen LogP contribution in [0.3, 0.4) is 0 Å². The van der Waals surface area contributed by atoms with Crippen molar-refractivity contribution in [3.63, 3.8) is 0 Å². The van der Waals surface area contributed by atoms with Crippen molar-refractivity contribution < 1.29 is 9.53 Å². The number of carbonyl (C=O) groups is 1. The summed E-state index contributed by atoms with van der Waals surface area (Å²) in [4.78, 5) is 13.8. The standard InChI is InChI=1S/C15H25N3O2/c1-12(11-20-3)17-15(19)10-18(2)9-14-6-4-5-13(7-14)8-16/h4-7,12H,8-11,16H2,1-3H3,(H,17,19). The Morgan fingerprint density at radius 3 is 2.80 bits per heavy atom. The Labute approximate surface area is 121 Å². The van der Waals surface area contributed by atoms with E-state index >= 15 is 0 Å². The van der Waals surface area contributed by atoms with E-state index in [1.54, 1.807) is 7.11 Å². The number of rotatable bonds is 8. The topological polar surface area (TPSA) is 67.6 Å². The van der Waals surface area contributed by atoms with Crippen molar-refractivity contribution in [1.82, 2.24) is 10.2 Å². The lowest BCUT2D eigenvalue weighted by Crippen LogP contribution is -2.41. The van der Waals surface area contributed by atoms with E-state index in [2.05, 4.69) is 11.4 Å². The summed E-state index contributed by atoms with van der Waals surface area (Å²) in [6.45, 7) is 4.06. The van der Waals surface area contributed by atoms with E-state index in [-0.39, 0.29) is 11.9 Å². The molecule has 5 heteroatoms. The third-order valence-electron chi connectivity index (χ3n) is 2.92. The quantitative estimate of drug-likeness (QED) is 0.736. The zero-order valence-electron chi connectivity index (χ0n) is 12.6. The first kappa shape index (κ1) is 16.6. The molecule has 1 unspecified atom stereocenters. The summed E-state index contributed by atoms with van der Waals surface area (Å²) in [6.07, 6.45) is 0. The summed E-state index contributed by atoms with van der Waals surface area (Å²) in [5.74, 6) is 0.00651. The van der Waals surface area contributed by atoms with Crippen molar-refractivity contribution in [3.05, 3.63) is 35.4 Å². The largest absolute Gasteiger partial charge is 0.383 e. The zero-order valence-corrected chi connectivity index (χ0v) is 12.6. The molecule has 0 heterocycles. The van der Waals surface area contributed by atoms with Gasteiger partial charge >= 0.3 is 0 Å². The number of carbonyl (C=O) groups excluding carboxylic acids is 1. The van der Waals surface area contributed by atoms with Crippen LogP contribution in [0.15, 0.2) is 24.3 Å². The Balaban J connectivity index is 2.42. The molecule has 1 amide bonds. The molecule has 0 saturated carbocycles. The van der Waals surface area contributed by atoms with Crippen LogP contribution in [0.4, 0.5) is 0 Å². The highest BCUT2D eigenvalue weighted by atomic mass is 16.5. The average molecular weight is 279 g/mol. The molecule has 0 aliphatic heterocycles. The highest BCUT2D eigenvalue weighted by Crippen LogP contribution is 2.07. The van der Waals surface area contributed by atoms with E-state index in [4.69, 9.17) is 10.5 Å². The van der Waals surface area contributed by atoms with Gasteiger partial charge in [0.25, 0.3) is 0 Å². The van der Waals surface area contributed by atoms with E-state index < -0.39 is 0 Å². The van der Waals surface area contributed by atoms with Gasteiger partial charge in [0.2, 0.25) is 5.91 Å². The van der Waals surface area contributed by atoms with Gasteiger partial charge in [-0.25, -0.2) is 0 Å². The van der Waals surface area contributed by atoms with Gasteiger partial charge in [0.05, 0.1) is 13.2 Å². The van der Waals surface area contributed by atoms with Gasteiger partial charge in [0.15, 0.2) is 0 Å². The molecular weight excluding hydrogens is 254 g/mol. The second-order valence-electron chi connectivity index (χ2n) is 5.12. The molecule has 1 aromatic carbocycles. The predicted octanol–water partition coefficient (Wildman–Crippen LogP) is 0.728. The maximum Gasteiger partial charge on any atom is 0.234 e. The molecular formula is C15H25N3O2. The Kier molecular flexibility index (Phi) is 7.22. The molecule has 1 rings (SSSR count). The van der Waals surface area contributed by atoms with Gasteiger partial charge in [0.1, 0.15) is 0 Å². The summed E-state index contributed by atoms with van der Waals surface area (Å²) in [5, 5.41) is 2.89. The fourth-order valence-corrected chi connectivity index (χ4v) is 2.08. The fourth-order valence-electron chi connectivity index (χ4n) is 2.08. The molecule has 1 atom stereocenters. The lowest BCUT2D eigenvalue weighted by atomic mass is 10.1. The molecule has 3 N–H and O–H groups in total. The third-order valence-corrected chi connectivity index (χ3v) is 2.92. The molecule has 0 aliphatic carbocycles. The maximum absolute atomic E-state index is 11.8. The zero-order chi connectivity index (χ0) is 15.0. The molecule has 0 aliphatic rings.